The van der Waals surface area contributed by atoms with Gasteiger partial charge in [-0.2, -0.15) is 0 Å². The number of aromatic nitrogens is 1. The Morgan fingerprint density at radius 1 is 1.00 bits per heavy atom. The van der Waals surface area contributed by atoms with E-state index in [2.05, 4.69) is 35.3 Å². The third kappa shape index (κ3) is 5.67. The van der Waals surface area contributed by atoms with Gasteiger partial charge in [-0.1, -0.05) is 66.2 Å². The van der Waals surface area contributed by atoms with Crippen molar-refractivity contribution in [1.82, 2.24) is 4.98 Å². The maximum absolute atomic E-state index is 11.8. The van der Waals surface area contributed by atoms with Gasteiger partial charge in [-0.05, 0) is 71.8 Å². The smallest absolute Gasteiger partial charge is 0.339 e. The maximum Gasteiger partial charge on any atom is 0.339 e. The maximum atomic E-state index is 11.8. The number of ether oxygens (including phenoxy) is 1. The summed E-state index contributed by atoms with van der Waals surface area (Å²) in [6.07, 6.45) is 4.46. The number of carbonyl (C=O) groups is 2. The summed E-state index contributed by atoms with van der Waals surface area (Å²) in [5, 5.41) is 0.364. The largest absolute Gasteiger partial charge is 0.465 e. The second kappa shape index (κ2) is 11.1. The fourth-order valence-corrected chi connectivity index (χ4v) is 4.62. The van der Waals surface area contributed by atoms with E-state index in [9.17, 15) is 9.59 Å². The molecule has 35 heavy (non-hydrogen) atoms. The van der Waals surface area contributed by atoms with Crippen LogP contribution in [0.5, 0.6) is 0 Å². The normalized spacial score (nSPS) is 11.6. The highest BCUT2D eigenvalue weighted by Crippen LogP contribution is 2.32. The summed E-state index contributed by atoms with van der Waals surface area (Å²) in [5.74, 6) is -0.366. The molecule has 0 N–H and O–H groups in total. The van der Waals surface area contributed by atoms with Crippen LogP contribution in [0.1, 0.15) is 55.4 Å². The van der Waals surface area contributed by atoms with E-state index in [4.69, 9.17) is 16.3 Å². The van der Waals surface area contributed by atoms with Gasteiger partial charge in [-0.15, -0.1) is 0 Å². The van der Waals surface area contributed by atoms with Crippen molar-refractivity contribution in [3.05, 3.63) is 124 Å². The minimum absolute atomic E-state index is 0.0856. The molecule has 4 rings (SSSR count). The lowest BCUT2D eigenvalue weighted by atomic mass is 9.84. The van der Waals surface area contributed by atoms with E-state index in [-0.39, 0.29) is 5.92 Å². The number of rotatable bonds is 8. The predicted octanol–water partition coefficient (Wildman–Crippen LogP) is 7.07. The number of carbonyl (C=O) groups excluding carboxylic acids is 2. The van der Waals surface area contributed by atoms with E-state index < -0.39 is 5.97 Å². The minimum Gasteiger partial charge on any atom is -0.465 e. The number of hydrogen-bond acceptors (Lipinski definition) is 4. The average Bonchev–Trinajstić information content (AvgIpc) is 2.89. The summed E-state index contributed by atoms with van der Waals surface area (Å²) < 4.78 is 4.76. The van der Waals surface area contributed by atoms with Crippen molar-refractivity contribution in [3.8, 4) is 11.1 Å². The first-order valence-corrected chi connectivity index (χ1v) is 11.8. The van der Waals surface area contributed by atoms with Gasteiger partial charge in [0.05, 0.1) is 17.7 Å². The van der Waals surface area contributed by atoms with Crippen LogP contribution in [-0.2, 0) is 11.2 Å². The third-order valence-electron chi connectivity index (χ3n) is 6.20. The summed E-state index contributed by atoms with van der Waals surface area (Å²) in [6, 6.07) is 25.6. The lowest BCUT2D eigenvalue weighted by Crippen LogP contribution is -2.07. The standard InChI is InChI=1S/C30H26ClNO3/c1-20-17-24(15-16-32-20)27(26-6-4-3-5-25(26)19-33)13-9-21-7-10-22(11-8-21)23-12-14-28(29(31)18-23)30(34)35-2/h3-8,10-12,14-19,27H,9,13H2,1-2H3. The highest BCUT2D eigenvalue weighted by Gasteiger charge is 2.18. The number of esters is 1. The Hall–Kier alpha value is -3.76. The molecule has 0 saturated carbocycles. The van der Waals surface area contributed by atoms with E-state index in [0.717, 1.165) is 52.6 Å². The molecule has 0 aliphatic carbocycles. The molecule has 0 saturated heterocycles. The molecule has 0 amide bonds. The number of aldehydes is 1. The van der Waals surface area contributed by atoms with Crippen molar-refractivity contribution in [2.75, 3.05) is 7.11 Å². The number of halogens is 1. The van der Waals surface area contributed by atoms with Crippen LogP contribution >= 0.6 is 11.6 Å². The van der Waals surface area contributed by atoms with Gasteiger partial charge in [-0.3, -0.25) is 9.78 Å². The van der Waals surface area contributed by atoms with Crippen LogP contribution in [0.2, 0.25) is 5.02 Å². The minimum atomic E-state index is -0.452. The average molecular weight is 484 g/mol. The zero-order chi connectivity index (χ0) is 24.8. The number of nitrogens with zero attached hydrogens (tertiary/aromatic N) is 1. The van der Waals surface area contributed by atoms with Gasteiger partial charge in [-0.25, -0.2) is 4.79 Å². The fourth-order valence-electron chi connectivity index (χ4n) is 4.37. The molecular formula is C30H26ClNO3. The molecule has 1 aromatic heterocycles. The molecule has 0 bridgehead atoms. The Labute approximate surface area is 210 Å². The van der Waals surface area contributed by atoms with Crippen LogP contribution in [-0.4, -0.2) is 24.3 Å². The van der Waals surface area contributed by atoms with Crippen LogP contribution in [0, 0.1) is 6.92 Å². The van der Waals surface area contributed by atoms with Crippen LogP contribution < -0.4 is 0 Å². The Morgan fingerprint density at radius 2 is 1.74 bits per heavy atom. The number of pyridine rings is 1. The molecule has 0 fully saturated rings. The van der Waals surface area contributed by atoms with Crippen LogP contribution in [0.25, 0.3) is 11.1 Å². The summed E-state index contributed by atoms with van der Waals surface area (Å²) in [4.78, 5) is 27.9. The number of methoxy groups -OCH3 is 1. The second-order valence-electron chi connectivity index (χ2n) is 8.45. The number of hydrogen-bond donors (Lipinski definition) is 0. The van der Waals surface area contributed by atoms with Crippen molar-refractivity contribution in [2.24, 2.45) is 0 Å². The van der Waals surface area contributed by atoms with E-state index in [0.29, 0.717) is 10.6 Å². The number of aryl methyl sites for hydroxylation is 2. The molecule has 0 radical (unpaired) electrons. The third-order valence-corrected chi connectivity index (χ3v) is 6.52. The highest BCUT2D eigenvalue weighted by molar-refractivity contribution is 6.33. The van der Waals surface area contributed by atoms with Gasteiger partial charge < -0.3 is 4.74 Å². The Kier molecular flexibility index (Phi) is 7.74. The Bertz CT molecular complexity index is 1350. The molecule has 0 spiro atoms. The molecule has 0 aliphatic rings. The first-order chi connectivity index (χ1) is 17.0. The van der Waals surface area contributed by atoms with Gasteiger partial charge >= 0.3 is 5.97 Å². The summed E-state index contributed by atoms with van der Waals surface area (Å²) in [7, 11) is 1.34. The second-order valence-corrected chi connectivity index (χ2v) is 8.86. The summed E-state index contributed by atoms with van der Waals surface area (Å²) in [5.41, 5.74) is 7.35. The van der Waals surface area contributed by atoms with Crippen molar-refractivity contribution < 1.29 is 14.3 Å². The SMILES string of the molecule is COC(=O)c1ccc(-c2ccc(CCC(c3ccnc(C)c3)c3ccccc3C=O)cc2)cc1Cl. The zero-order valence-electron chi connectivity index (χ0n) is 19.7. The Morgan fingerprint density at radius 3 is 2.43 bits per heavy atom. The molecule has 1 heterocycles. The van der Waals surface area contributed by atoms with E-state index >= 15 is 0 Å². The predicted molar refractivity (Wildman–Crippen MR) is 139 cm³/mol. The monoisotopic (exact) mass is 483 g/mol. The summed E-state index contributed by atoms with van der Waals surface area (Å²) >= 11 is 6.29. The number of benzene rings is 3. The highest BCUT2D eigenvalue weighted by atomic mass is 35.5. The zero-order valence-corrected chi connectivity index (χ0v) is 20.5. The fraction of sp³-hybridized carbons (Fsp3) is 0.167. The first-order valence-electron chi connectivity index (χ1n) is 11.4. The van der Waals surface area contributed by atoms with Crippen molar-refractivity contribution in [3.63, 3.8) is 0 Å². The van der Waals surface area contributed by atoms with Gasteiger partial charge in [0.25, 0.3) is 0 Å². The quantitative estimate of drug-likeness (QED) is 0.198. The van der Waals surface area contributed by atoms with Crippen molar-refractivity contribution in [1.29, 1.82) is 0 Å². The van der Waals surface area contributed by atoms with Gasteiger partial charge in [0.2, 0.25) is 0 Å². The summed E-state index contributed by atoms with van der Waals surface area (Å²) in [6.45, 7) is 1.98. The molecule has 5 heteroatoms. The lowest BCUT2D eigenvalue weighted by molar-refractivity contribution is 0.0601. The van der Waals surface area contributed by atoms with Crippen molar-refractivity contribution in [2.45, 2.75) is 25.7 Å². The topological polar surface area (TPSA) is 56.3 Å². The molecule has 0 aliphatic heterocycles. The van der Waals surface area contributed by atoms with Gasteiger partial charge in [0.15, 0.2) is 0 Å². The molecule has 176 valence electrons. The Balaban J connectivity index is 1.55. The van der Waals surface area contributed by atoms with E-state index in [1.165, 1.54) is 12.7 Å². The van der Waals surface area contributed by atoms with Crippen LogP contribution in [0.3, 0.4) is 0 Å². The van der Waals surface area contributed by atoms with E-state index in [1.807, 2.05) is 49.5 Å². The molecular weight excluding hydrogens is 458 g/mol. The van der Waals surface area contributed by atoms with E-state index in [1.54, 1.807) is 12.1 Å². The molecule has 1 atom stereocenters. The molecule has 3 aromatic carbocycles. The molecule has 4 nitrogen and oxygen atoms in total. The lowest BCUT2D eigenvalue weighted by Gasteiger charge is -2.20. The van der Waals surface area contributed by atoms with Crippen LogP contribution in [0.4, 0.5) is 0 Å². The molecule has 1 unspecified atom stereocenters. The van der Waals surface area contributed by atoms with Gasteiger partial charge in [0.1, 0.15) is 6.29 Å². The van der Waals surface area contributed by atoms with Crippen molar-refractivity contribution >= 4 is 23.9 Å². The van der Waals surface area contributed by atoms with Gasteiger partial charge in [0, 0.05) is 23.4 Å². The molecule has 4 aromatic rings. The van der Waals surface area contributed by atoms with Crippen LogP contribution in [0.15, 0.2) is 85.1 Å². The first kappa shape index (κ1) is 24.4.